The van der Waals surface area contributed by atoms with Crippen LogP contribution in [0.2, 0.25) is 0 Å². The van der Waals surface area contributed by atoms with Crippen LogP contribution in [0.5, 0.6) is 28.7 Å². The van der Waals surface area contributed by atoms with Crippen molar-refractivity contribution in [2.45, 2.75) is 18.9 Å². The lowest BCUT2D eigenvalue weighted by atomic mass is 10.2. The van der Waals surface area contributed by atoms with Gasteiger partial charge in [-0.05, 0) is 18.9 Å². The molecule has 4 rings (SSSR count). The van der Waals surface area contributed by atoms with Crippen LogP contribution in [-0.4, -0.2) is 51.6 Å². The quantitative estimate of drug-likeness (QED) is 0.526. The second kappa shape index (κ2) is 8.63. The molecule has 0 spiro atoms. The lowest BCUT2D eigenvalue weighted by Crippen LogP contribution is -2.07. The van der Waals surface area contributed by atoms with E-state index in [4.69, 9.17) is 28.7 Å². The molecule has 1 aliphatic carbocycles. The summed E-state index contributed by atoms with van der Waals surface area (Å²) in [6.45, 7) is 0. The summed E-state index contributed by atoms with van der Waals surface area (Å²) >= 11 is 0. The maximum atomic E-state index is 5.46. The molecule has 1 saturated carbocycles. The van der Waals surface area contributed by atoms with Gasteiger partial charge >= 0.3 is 0 Å². The molecule has 1 aromatic heterocycles. The molecule has 1 fully saturated rings. The Kier molecular flexibility index (Phi) is 5.75. The average molecular weight is 426 g/mol. The molecule has 1 aliphatic rings. The maximum absolute atomic E-state index is 5.46. The fourth-order valence-electron chi connectivity index (χ4n) is 3.32. The molecule has 9 nitrogen and oxygen atoms in total. The van der Waals surface area contributed by atoms with Gasteiger partial charge in [-0.3, -0.25) is 0 Å². The Balaban J connectivity index is 1.78. The Morgan fingerprint density at radius 2 is 1.35 bits per heavy atom. The second-order valence-corrected chi connectivity index (χ2v) is 7.08. The first kappa shape index (κ1) is 20.6. The van der Waals surface area contributed by atoms with Crippen LogP contribution in [0.4, 0.5) is 17.5 Å². The van der Waals surface area contributed by atoms with Gasteiger partial charge in [0.1, 0.15) is 5.82 Å². The van der Waals surface area contributed by atoms with Crippen molar-refractivity contribution in [3.8, 4) is 28.7 Å². The van der Waals surface area contributed by atoms with Gasteiger partial charge in [-0.1, -0.05) is 0 Å². The van der Waals surface area contributed by atoms with Crippen LogP contribution in [-0.2, 0) is 0 Å². The first-order chi connectivity index (χ1) is 15.1. The summed E-state index contributed by atoms with van der Waals surface area (Å²) in [7, 11) is 7.93. The van der Waals surface area contributed by atoms with Crippen molar-refractivity contribution in [2.24, 2.45) is 0 Å². The van der Waals surface area contributed by atoms with Crippen molar-refractivity contribution in [1.29, 1.82) is 0 Å². The Morgan fingerprint density at radius 1 is 0.742 bits per heavy atom. The molecule has 2 aromatic carbocycles. The SMILES string of the molecule is COc1cc2nc(Nc3cc(OC)c(OC)c(OC)c3)nc(NC3CC3)c2cc1OC. The zero-order chi connectivity index (χ0) is 22.0. The van der Waals surface area contributed by atoms with Gasteiger partial charge in [0.2, 0.25) is 11.7 Å². The van der Waals surface area contributed by atoms with Gasteiger partial charge in [-0.15, -0.1) is 0 Å². The van der Waals surface area contributed by atoms with Gasteiger partial charge in [0.25, 0.3) is 0 Å². The van der Waals surface area contributed by atoms with Crippen molar-refractivity contribution >= 4 is 28.4 Å². The molecule has 0 bridgehead atoms. The van der Waals surface area contributed by atoms with Crippen LogP contribution in [0, 0.1) is 0 Å². The number of fused-ring (bicyclic) bond motifs is 1. The minimum atomic E-state index is 0.417. The van der Waals surface area contributed by atoms with E-state index in [0.717, 1.165) is 29.6 Å². The Hall–Kier alpha value is -3.62. The summed E-state index contributed by atoms with van der Waals surface area (Å²) in [5.41, 5.74) is 1.43. The zero-order valence-electron chi connectivity index (χ0n) is 18.2. The van der Waals surface area contributed by atoms with Gasteiger partial charge < -0.3 is 34.3 Å². The fourth-order valence-corrected chi connectivity index (χ4v) is 3.32. The summed E-state index contributed by atoms with van der Waals surface area (Å²) in [5.74, 6) is 3.98. The topological polar surface area (TPSA) is 96.0 Å². The molecule has 1 heterocycles. The van der Waals surface area contributed by atoms with Gasteiger partial charge in [-0.2, -0.15) is 4.98 Å². The number of methoxy groups -OCH3 is 5. The molecular formula is C22H26N4O5. The summed E-state index contributed by atoms with van der Waals surface area (Å²) in [6.07, 6.45) is 2.24. The molecule has 164 valence electrons. The number of nitrogens with one attached hydrogen (secondary N) is 2. The number of hydrogen-bond acceptors (Lipinski definition) is 9. The van der Waals surface area contributed by atoms with Crippen molar-refractivity contribution in [3.05, 3.63) is 24.3 Å². The van der Waals surface area contributed by atoms with E-state index in [-0.39, 0.29) is 0 Å². The molecule has 0 atom stereocenters. The van der Waals surface area contributed by atoms with Gasteiger partial charge in [0, 0.05) is 35.3 Å². The Labute approximate surface area is 180 Å². The van der Waals surface area contributed by atoms with Crippen LogP contribution < -0.4 is 34.3 Å². The van der Waals surface area contributed by atoms with Gasteiger partial charge in [0.15, 0.2) is 23.0 Å². The fraction of sp³-hybridized carbons (Fsp3) is 0.364. The first-order valence-corrected chi connectivity index (χ1v) is 9.87. The standard InChI is InChI=1S/C22H26N4O5/c1-27-16-10-14-15(11-17(16)28-2)25-22(26-21(14)23-12-6-7-12)24-13-8-18(29-3)20(31-5)19(9-13)30-4/h8-12H,6-7H2,1-5H3,(H2,23,24,25,26). The normalized spacial score (nSPS) is 12.9. The summed E-state index contributed by atoms with van der Waals surface area (Å²) in [6, 6.07) is 7.76. The molecule has 0 unspecified atom stereocenters. The zero-order valence-corrected chi connectivity index (χ0v) is 18.2. The Morgan fingerprint density at radius 3 is 1.90 bits per heavy atom. The number of hydrogen-bond donors (Lipinski definition) is 2. The number of benzene rings is 2. The predicted molar refractivity (Wildman–Crippen MR) is 119 cm³/mol. The number of anilines is 3. The molecule has 0 saturated heterocycles. The third kappa shape index (κ3) is 4.16. The minimum absolute atomic E-state index is 0.417. The number of rotatable bonds is 9. The highest BCUT2D eigenvalue weighted by atomic mass is 16.5. The highest BCUT2D eigenvalue weighted by Gasteiger charge is 2.24. The Bertz CT molecular complexity index is 1080. The molecule has 3 aromatic rings. The predicted octanol–water partition coefficient (Wildman–Crippen LogP) is 3.99. The van der Waals surface area contributed by atoms with E-state index in [1.54, 1.807) is 47.7 Å². The van der Waals surface area contributed by atoms with E-state index in [0.29, 0.717) is 46.4 Å². The van der Waals surface area contributed by atoms with Crippen LogP contribution in [0.3, 0.4) is 0 Å². The smallest absolute Gasteiger partial charge is 0.229 e. The number of ether oxygens (including phenoxy) is 5. The molecule has 9 heteroatoms. The highest BCUT2D eigenvalue weighted by Crippen LogP contribution is 2.41. The van der Waals surface area contributed by atoms with Crippen molar-refractivity contribution < 1.29 is 23.7 Å². The lowest BCUT2D eigenvalue weighted by molar-refractivity contribution is 0.324. The van der Waals surface area contributed by atoms with E-state index < -0.39 is 0 Å². The van der Waals surface area contributed by atoms with E-state index in [1.165, 1.54) is 0 Å². The molecule has 31 heavy (non-hydrogen) atoms. The third-order valence-electron chi connectivity index (χ3n) is 5.04. The lowest BCUT2D eigenvalue weighted by Gasteiger charge is -2.16. The van der Waals surface area contributed by atoms with Crippen molar-refractivity contribution in [1.82, 2.24) is 9.97 Å². The summed E-state index contributed by atoms with van der Waals surface area (Å²) in [4.78, 5) is 9.40. The molecule has 0 aliphatic heterocycles. The van der Waals surface area contributed by atoms with Crippen LogP contribution in [0.25, 0.3) is 10.9 Å². The maximum Gasteiger partial charge on any atom is 0.229 e. The first-order valence-electron chi connectivity index (χ1n) is 9.87. The van der Waals surface area contributed by atoms with E-state index in [9.17, 15) is 0 Å². The average Bonchev–Trinajstić information content (AvgIpc) is 3.61. The largest absolute Gasteiger partial charge is 0.493 e. The molecule has 0 radical (unpaired) electrons. The van der Waals surface area contributed by atoms with Crippen LogP contribution in [0.1, 0.15) is 12.8 Å². The molecular weight excluding hydrogens is 400 g/mol. The van der Waals surface area contributed by atoms with Crippen molar-refractivity contribution in [2.75, 3.05) is 46.2 Å². The monoisotopic (exact) mass is 426 g/mol. The summed E-state index contributed by atoms with van der Waals surface area (Å²) in [5, 5.41) is 7.59. The number of aromatic nitrogens is 2. The van der Waals surface area contributed by atoms with E-state index >= 15 is 0 Å². The third-order valence-corrected chi connectivity index (χ3v) is 5.04. The van der Waals surface area contributed by atoms with Crippen LogP contribution >= 0.6 is 0 Å². The minimum Gasteiger partial charge on any atom is -0.493 e. The summed E-state index contributed by atoms with van der Waals surface area (Å²) < 4.78 is 27.2. The van der Waals surface area contributed by atoms with E-state index in [1.807, 2.05) is 12.1 Å². The molecule has 0 amide bonds. The van der Waals surface area contributed by atoms with Crippen molar-refractivity contribution in [3.63, 3.8) is 0 Å². The van der Waals surface area contributed by atoms with Gasteiger partial charge in [0.05, 0.1) is 41.1 Å². The highest BCUT2D eigenvalue weighted by molar-refractivity contribution is 5.93. The second-order valence-electron chi connectivity index (χ2n) is 7.08. The molecule has 2 N–H and O–H groups in total. The van der Waals surface area contributed by atoms with E-state index in [2.05, 4.69) is 15.6 Å². The van der Waals surface area contributed by atoms with Gasteiger partial charge in [-0.25, -0.2) is 4.98 Å². The van der Waals surface area contributed by atoms with Crippen LogP contribution in [0.15, 0.2) is 24.3 Å². The number of nitrogens with zero attached hydrogens (tertiary/aromatic N) is 2.